The third-order valence-corrected chi connectivity index (χ3v) is 5.28. The van der Waals surface area contributed by atoms with Gasteiger partial charge in [-0.15, -0.1) is 0 Å². The Kier molecular flexibility index (Phi) is 18.5. The van der Waals surface area contributed by atoms with E-state index in [1.165, 1.54) is 56.9 Å². The lowest BCUT2D eigenvalue weighted by atomic mass is 10.1. The van der Waals surface area contributed by atoms with Crippen LogP contribution in [0.25, 0.3) is 0 Å². The largest absolute Gasteiger partial charge is 0.466 e. The van der Waals surface area contributed by atoms with Crippen LogP contribution in [0.15, 0.2) is 30.3 Å². The van der Waals surface area contributed by atoms with E-state index in [9.17, 15) is 4.79 Å². The molecule has 0 bridgehead atoms. The zero-order chi connectivity index (χ0) is 21.5. The van der Waals surface area contributed by atoms with Crippen molar-refractivity contribution < 1.29 is 14.3 Å². The van der Waals surface area contributed by atoms with E-state index in [1.54, 1.807) is 0 Å². The number of rotatable bonds is 21. The van der Waals surface area contributed by atoms with E-state index >= 15 is 0 Å². The molecule has 0 saturated heterocycles. The summed E-state index contributed by atoms with van der Waals surface area (Å²) in [4.78, 5) is 11.7. The van der Waals surface area contributed by atoms with Crippen molar-refractivity contribution in [3.05, 3.63) is 35.9 Å². The maximum Gasteiger partial charge on any atom is 0.305 e. The summed E-state index contributed by atoms with van der Waals surface area (Å²) in [5.74, 6) is -0.0307. The molecular weight excluding hydrogens is 374 g/mol. The zero-order valence-electron chi connectivity index (χ0n) is 19.3. The van der Waals surface area contributed by atoms with Crippen LogP contribution in [0.2, 0.25) is 0 Å². The van der Waals surface area contributed by atoms with Gasteiger partial charge in [-0.25, -0.2) is 0 Å². The van der Waals surface area contributed by atoms with Gasteiger partial charge in [0, 0.05) is 13.0 Å². The first-order chi connectivity index (χ1) is 14.8. The number of hydrogen-bond donors (Lipinski definition) is 1. The number of unbranched alkanes of at least 4 members (excludes halogenated alkanes) is 10. The normalized spacial score (nSPS) is 11.0. The molecule has 0 aliphatic carbocycles. The van der Waals surface area contributed by atoms with Crippen LogP contribution in [0.5, 0.6) is 0 Å². The first-order valence-corrected chi connectivity index (χ1v) is 12.3. The first kappa shape index (κ1) is 26.6. The highest BCUT2D eigenvalue weighted by molar-refractivity contribution is 5.69. The van der Waals surface area contributed by atoms with Gasteiger partial charge in [0.1, 0.15) is 0 Å². The molecule has 0 aromatic heterocycles. The van der Waals surface area contributed by atoms with Crippen LogP contribution in [0.4, 0.5) is 0 Å². The van der Waals surface area contributed by atoms with Gasteiger partial charge in [-0.05, 0) is 31.4 Å². The van der Waals surface area contributed by atoms with Crippen molar-refractivity contribution in [1.29, 1.82) is 0 Å². The van der Waals surface area contributed by atoms with Gasteiger partial charge >= 0.3 is 5.97 Å². The van der Waals surface area contributed by atoms with Gasteiger partial charge in [0.25, 0.3) is 0 Å². The molecule has 0 saturated carbocycles. The van der Waals surface area contributed by atoms with E-state index in [2.05, 4.69) is 24.4 Å². The summed E-state index contributed by atoms with van der Waals surface area (Å²) >= 11 is 0. The summed E-state index contributed by atoms with van der Waals surface area (Å²) < 4.78 is 11.0. The molecule has 0 heterocycles. The number of carbonyl (C=O) groups is 1. The molecule has 0 amide bonds. The number of carbonyl (C=O) groups excluding carboxylic acids is 1. The maximum atomic E-state index is 11.7. The first-order valence-electron chi connectivity index (χ1n) is 12.3. The molecule has 30 heavy (non-hydrogen) atoms. The molecule has 0 aliphatic rings. The molecule has 1 rings (SSSR count). The lowest BCUT2D eigenvalue weighted by Gasteiger charge is -2.07. The van der Waals surface area contributed by atoms with Crippen LogP contribution in [-0.2, 0) is 20.9 Å². The van der Waals surface area contributed by atoms with Crippen molar-refractivity contribution in [3.8, 4) is 0 Å². The van der Waals surface area contributed by atoms with Crippen LogP contribution in [-0.4, -0.2) is 32.3 Å². The summed E-state index contributed by atoms with van der Waals surface area (Å²) in [6.07, 6.45) is 15.2. The van der Waals surface area contributed by atoms with Crippen molar-refractivity contribution in [1.82, 2.24) is 5.32 Å². The fourth-order valence-electron chi connectivity index (χ4n) is 3.40. The Morgan fingerprint density at radius 1 is 0.767 bits per heavy atom. The Morgan fingerprint density at radius 3 is 2.17 bits per heavy atom. The summed E-state index contributed by atoms with van der Waals surface area (Å²) in [7, 11) is 0. The average molecular weight is 420 g/mol. The van der Waals surface area contributed by atoms with Crippen LogP contribution >= 0.6 is 0 Å². The smallest absolute Gasteiger partial charge is 0.305 e. The molecule has 1 aromatic rings. The maximum absolute atomic E-state index is 11.7. The second-order valence-corrected chi connectivity index (χ2v) is 8.15. The number of esters is 1. The molecule has 0 atom stereocenters. The van der Waals surface area contributed by atoms with Crippen molar-refractivity contribution in [2.45, 2.75) is 97.0 Å². The SMILES string of the molecule is CCCCCCCCCCCOC(=O)CCCCCNCCOCc1ccccc1. The minimum atomic E-state index is -0.0307. The second kappa shape index (κ2) is 20.9. The monoisotopic (exact) mass is 419 g/mol. The van der Waals surface area contributed by atoms with Crippen molar-refractivity contribution >= 4 is 5.97 Å². The Morgan fingerprint density at radius 2 is 1.43 bits per heavy atom. The van der Waals surface area contributed by atoms with E-state index in [-0.39, 0.29) is 5.97 Å². The van der Waals surface area contributed by atoms with E-state index in [0.29, 0.717) is 19.6 Å². The van der Waals surface area contributed by atoms with Crippen LogP contribution < -0.4 is 5.32 Å². The van der Waals surface area contributed by atoms with Gasteiger partial charge in [0.2, 0.25) is 0 Å². The van der Waals surface area contributed by atoms with E-state index in [1.807, 2.05) is 18.2 Å². The molecule has 4 heteroatoms. The molecule has 0 spiro atoms. The minimum absolute atomic E-state index is 0.0307. The fourth-order valence-corrected chi connectivity index (χ4v) is 3.40. The van der Waals surface area contributed by atoms with Gasteiger partial charge in [-0.1, -0.05) is 95.0 Å². The quantitative estimate of drug-likeness (QED) is 0.184. The fraction of sp³-hybridized carbons (Fsp3) is 0.731. The second-order valence-electron chi connectivity index (χ2n) is 8.15. The number of ether oxygens (including phenoxy) is 2. The molecule has 0 aliphatic heterocycles. The Hall–Kier alpha value is -1.39. The molecule has 172 valence electrons. The highest BCUT2D eigenvalue weighted by Crippen LogP contribution is 2.10. The van der Waals surface area contributed by atoms with Gasteiger partial charge < -0.3 is 14.8 Å². The topological polar surface area (TPSA) is 47.6 Å². The number of benzene rings is 1. The van der Waals surface area contributed by atoms with E-state index in [4.69, 9.17) is 9.47 Å². The Bertz CT molecular complexity index is 492. The van der Waals surface area contributed by atoms with Gasteiger partial charge in [-0.3, -0.25) is 4.79 Å². The van der Waals surface area contributed by atoms with Gasteiger partial charge in [0.15, 0.2) is 0 Å². The summed E-state index contributed by atoms with van der Waals surface area (Å²) in [6, 6.07) is 10.2. The standard InChI is InChI=1S/C26H45NO3/c1-2-3-4-5-6-7-8-9-16-22-30-26(28)19-14-11-15-20-27-21-23-29-24-25-17-12-10-13-18-25/h10,12-13,17-18,27H,2-9,11,14-16,19-24H2,1H3. The highest BCUT2D eigenvalue weighted by Gasteiger charge is 2.02. The average Bonchev–Trinajstić information content (AvgIpc) is 2.77. The molecule has 1 aromatic carbocycles. The summed E-state index contributed by atoms with van der Waals surface area (Å²) in [6.45, 7) is 6.09. The van der Waals surface area contributed by atoms with E-state index in [0.717, 1.165) is 45.4 Å². The summed E-state index contributed by atoms with van der Waals surface area (Å²) in [5, 5.41) is 3.39. The van der Waals surface area contributed by atoms with Crippen molar-refractivity contribution in [2.75, 3.05) is 26.3 Å². The number of nitrogens with one attached hydrogen (secondary N) is 1. The predicted octanol–water partition coefficient (Wildman–Crippen LogP) is 6.43. The van der Waals surface area contributed by atoms with E-state index < -0.39 is 0 Å². The van der Waals surface area contributed by atoms with Crippen LogP contribution in [0.3, 0.4) is 0 Å². The highest BCUT2D eigenvalue weighted by atomic mass is 16.5. The summed E-state index contributed by atoms with van der Waals surface area (Å²) in [5.41, 5.74) is 1.21. The Labute approximate surface area is 185 Å². The number of hydrogen-bond acceptors (Lipinski definition) is 4. The molecule has 0 radical (unpaired) electrons. The lowest BCUT2D eigenvalue weighted by molar-refractivity contribution is -0.143. The Balaban J connectivity index is 1.75. The molecule has 4 nitrogen and oxygen atoms in total. The van der Waals surface area contributed by atoms with Gasteiger partial charge in [-0.2, -0.15) is 0 Å². The van der Waals surface area contributed by atoms with Gasteiger partial charge in [0.05, 0.1) is 19.8 Å². The third kappa shape index (κ3) is 17.5. The predicted molar refractivity (Wildman–Crippen MR) is 126 cm³/mol. The molecule has 0 fully saturated rings. The molecular formula is C26H45NO3. The minimum Gasteiger partial charge on any atom is -0.466 e. The molecule has 1 N–H and O–H groups in total. The van der Waals surface area contributed by atoms with Crippen molar-refractivity contribution in [2.24, 2.45) is 0 Å². The zero-order valence-corrected chi connectivity index (χ0v) is 19.3. The molecule has 0 unspecified atom stereocenters. The van der Waals surface area contributed by atoms with Crippen molar-refractivity contribution in [3.63, 3.8) is 0 Å². The van der Waals surface area contributed by atoms with Crippen LogP contribution in [0, 0.1) is 0 Å². The third-order valence-electron chi connectivity index (χ3n) is 5.28. The van der Waals surface area contributed by atoms with Crippen LogP contribution in [0.1, 0.15) is 96.0 Å². The lowest BCUT2D eigenvalue weighted by Crippen LogP contribution is -2.20.